The largest absolute Gasteiger partial charge is 0.368 e. The maximum atomic E-state index is 12.6. The number of hydrogen-bond acceptors (Lipinski definition) is 4. The summed E-state index contributed by atoms with van der Waals surface area (Å²) < 4.78 is 0. The molecule has 1 aliphatic rings. The van der Waals surface area contributed by atoms with E-state index in [1.807, 2.05) is 24.4 Å². The Kier molecular flexibility index (Phi) is 5.28. The first kappa shape index (κ1) is 18.4. The molecule has 0 aliphatic carbocycles. The van der Waals surface area contributed by atoms with Crippen molar-refractivity contribution in [1.82, 2.24) is 9.88 Å². The summed E-state index contributed by atoms with van der Waals surface area (Å²) >= 11 is 0. The van der Waals surface area contributed by atoms with Gasteiger partial charge in [0.25, 0.3) is 5.91 Å². The van der Waals surface area contributed by atoms with Crippen molar-refractivity contribution < 1.29 is 4.79 Å². The monoisotopic (exact) mass is 352 g/mol. The number of carbonyl (C=O) groups excluding carboxylic acids is 1. The highest BCUT2D eigenvalue weighted by molar-refractivity contribution is 6.04. The number of pyridine rings is 1. The summed E-state index contributed by atoms with van der Waals surface area (Å²) in [6, 6.07) is 9.96. The van der Waals surface area contributed by atoms with Crippen molar-refractivity contribution in [3.8, 4) is 0 Å². The molecule has 5 heteroatoms. The van der Waals surface area contributed by atoms with Gasteiger partial charge in [-0.2, -0.15) is 0 Å². The van der Waals surface area contributed by atoms with Crippen LogP contribution in [0.4, 0.5) is 11.4 Å². The standard InChI is InChI=1S/C21H28N4O/c1-21(2,3)17-5-7-18(8-6-17)23-20(26)16-13-19(15-22-14-16)25-11-9-24(4)10-12-25/h5-8,13-15H,9-12H2,1-4H3,(H,23,26). The summed E-state index contributed by atoms with van der Waals surface area (Å²) in [6.07, 6.45) is 3.46. The van der Waals surface area contributed by atoms with Gasteiger partial charge in [-0.15, -0.1) is 0 Å². The number of rotatable bonds is 3. The van der Waals surface area contributed by atoms with Crippen LogP contribution < -0.4 is 10.2 Å². The molecular weight excluding hydrogens is 324 g/mol. The number of piperazine rings is 1. The van der Waals surface area contributed by atoms with E-state index in [9.17, 15) is 4.79 Å². The van der Waals surface area contributed by atoms with Crippen molar-refractivity contribution >= 4 is 17.3 Å². The van der Waals surface area contributed by atoms with Gasteiger partial charge in [-0.05, 0) is 36.2 Å². The second-order valence-corrected chi connectivity index (χ2v) is 8.00. The average Bonchev–Trinajstić information content (AvgIpc) is 2.62. The third kappa shape index (κ3) is 4.41. The first-order valence-electron chi connectivity index (χ1n) is 9.13. The van der Waals surface area contributed by atoms with Crippen LogP contribution in [-0.4, -0.2) is 49.0 Å². The quantitative estimate of drug-likeness (QED) is 0.920. The van der Waals surface area contributed by atoms with Crippen molar-refractivity contribution in [2.24, 2.45) is 0 Å². The van der Waals surface area contributed by atoms with Gasteiger partial charge in [-0.3, -0.25) is 9.78 Å². The highest BCUT2D eigenvalue weighted by atomic mass is 16.1. The molecule has 5 nitrogen and oxygen atoms in total. The molecule has 1 aromatic heterocycles. The minimum absolute atomic E-state index is 0.100. The molecule has 0 unspecified atom stereocenters. The molecule has 1 aromatic carbocycles. The van der Waals surface area contributed by atoms with Gasteiger partial charge in [0.15, 0.2) is 0 Å². The zero-order valence-electron chi connectivity index (χ0n) is 16.1. The molecule has 0 atom stereocenters. The molecule has 0 radical (unpaired) electrons. The average molecular weight is 352 g/mol. The fraction of sp³-hybridized carbons (Fsp3) is 0.429. The summed E-state index contributed by atoms with van der Waals surface area (Å²) in [5.41, 5.74) is 3.74. The summed E-state index contributed by atoms with van der Waals surface area (Å²) in [4.78, 5) is 21.5. The second-order valence-electron chi connectivity index (χ2n) is 8.00. The van der Waals surface area contributed by atoms with Gasteiger partial charge in [0.2, 0.25) is 0 Å². The van der Waals surface area contributed by atoms with E-state index in [-0.39, 0.29) is 11.3 Å². The Morgan fingerprint density at radius 3 is 2.31 bits per heavy atom. The highest BCUT2D eigenvalue weighted by Crippen LogP contribution is 2.24. The van der Waals surface area contributed by atoms with Gasteiger partial charge >= 0.3 is 0 Å². The predicted molar refractivity (Wildman–Crippen MR) is 107 cm³/mol. The van der Waals surface area contributed by atoms with Crippen molar-refractivity contribution in [1.29, 1.82) is 0 Å². The molecule has 3 rings (SSSR count). The Hall–Kier alpha value is -2.40. The number of likely N-dealkylation sites (N-methyl/N-ethyl adjacent to an activating group) is 1. The van der Waals surface area contributed by atoms with E-state index in [1.165, 1.54) is 5.56 Å². The van der Waals surface area contributed by atoms with Crippen LogP contribution in [0.2, 0.25) is 0 Å². The topological polar surface area (TPSA) is 48.5 Å². The van der Waals surface area contributed by atoms with Crippen LogP contribution in [0.25, 0.3) is 0 Å². The molecule has 2 aromatic rings. The van der Waals surface area contributed by atoms with E-state index in [0.29, 0.717) is 5.56 Å². The van der Waals surface area contributed by atoms with Gasteiger partial charge in [-0.1, -0.05) is 32.9 Å². The third-order valence-corrected chi connectivity index (χ3v) is 4.86. The molecule has 0 spiro atoms. The van der Waals surface area contributed by atoms with Gasteiger partial charge in [-0.25, -0.2) is 0 Å². The first-order chi connectivity index (χ1) is 12.3. The molecule has 138 valence electrons. The third-order valence-electron chi connectivity index (χ3n) is 4.86. The second kappa shape index (κ2) is 7.46. The lowest BCUT2D eigenvalue weighted by Gasteiger charge is -2.33. The van der Waals surface area contributed by atoms with Crippen LogP contribution in [0.1, 0.15) is 36.7 Å². The minimum atomic E-state index is -0.128. The Morgan fingerprint density at radius 1 is 1.04 bits per heavy atom. The Balaban J connectivity index is 1.69. The van der Waals surface area contributed by atoms with E-state index >= 15 is 0 Å². The Labute approximate surface area is 156 Å². The summed E-state index contributed by atoms with van der Waals surface area (Å²) in [7, 11) is 2.13. The normalized spacial score (nSPS) is 15.8. The smallest absolute Gasteiger partial charge is 0.257 e. The van der Waals surface area contributed by atoms with Crippen molar-refractivity contribution in [3.63, 3.8) is 0 Å². The van der Waals surface area contributed by atoms with Gasteiger partial charge < -0.3 is 15.1 Å². The fourth-order valence-electron chi connectivity index (χ4n) is 3.05. The van der Waals surface area contributed by atoms with Crippen LogP contribution in [0, 0.1) is 0 Å². The van der Waals surface area contributed by atoms with Gasteiger partial charge in [0.05, 0.1) is 17.4 Å². The van der Waals surface area contributed by atoms with Crippen molar-refractivity contribution in [3.05, 3.63) is 53.9 Å². The van der Waals surface area contributed by atoms with E-state index in [0.717, 1.165) is 37.6 Å². The van der Waals surface area contributed by atoms with E-state index in [4.69, 9.17) is 0 Å². The predicted octanol–water partition coefficient (Wildman–Crippen LogP) is 3.38. The summed E-state index contributed by atoms with van der Waals surface area (Å²) in [5, 5.41) is 2.97. The molecule has 26 heavy (non-hydrogen) atoms. The number of aromatic nitrogens is 1. The Morgan fingerprint density at radius 2 is 1.69 bits per heavy atom. The van der Waals surface area contributed by atoms with E-state index in [2.05, 4.69) is 60.1 Å². The molecule has 1 fully saturated rings. The molecule has 1 saturated heterocycles. The number of benzene rings is 1. The maximum absolute atomic E-state index is 12.6. The first-order valence-corrected chi connectivity index (χ1v) is 9.13. The summed E-state index contributed by atoms with van der Waals surface area (Å²) in [5.74, 6) is -0.128. The molecular formula is C21H28N4O. The molecule has 1 amide bonds. The number of amides is 1. The minimum Gasteiger partial charge on any atom is -0.368 e. The number of nitrogens with one attached hydrogen (secondary N) is 1. The van der Waals surface area contributed by atoms with Crippen LogP contribution >= 0.6 is 0 Å². The SMILES string of the molecule is CN1CCN(c2cncc(C(=O)Nc3ccc(C(C)(C)C)cc3)c2)CC1. The lowest BCUT2D eigenvalue weighted by molar-refractivity contribution is 0.102. The van der Waals surface area contributed by atoms with Crippen molar-refractivity contribution in [2.75, 3.05) is 43.4 Å². The lowest BCUT2D eigenvalue weighted by atomic mass is 9.87. The number of nitrogens with zero attached hydrogens (tertiary/aromatic N) is 3. The zero-order chi connectivity index (χ0) is 18.7. The highest BCUT2D eigenvalue weighted by Gasteiger charge is 2.17. The molecule has 1 aliphatic heterocycles. The van der Waals surface area contributed by atoms with Crippen molar-refractivity contribution in [2.45, 2.75) is 26.2 Å². The van der Waals surface area contributed by atoms with Crippen LogP contribution in [0.3, 0.4) is 0 Å². The van der Waals surface area contributed by atoms with Crippen LogP contribution in [0.15, 0.2) is 42.7 Å². The number of anilines is 2. The summed E-state index contributed by atoms with van der Waals surface area (Å²) in [6.45, 7) is 10.5. The lowest BCUT2D eigenvalue weighted by Crippen LogP contribution is -2.44. The van der Waals surface area contributed by atoms with Crippen LogP contribution in [0.5, 0.6) is 0 Å². The maximum Gasteiger partial charge on any atom is 0.257 e. The molecule has 0 bridgehead atoms. The van der Waals surface area contributed by atoms with Gasteiger partial charge in [0.1, 0.15) is 0 Å². The van der Waals surface area contributed by atoms with E-state index in [1.54, 1.807) is 6.20 Å². The number of carbonyl (C=O) groups is 1. The van der Waals surface area contributed by atoms with Gasteiger partial charge in [0, 0.05) is 38.1 Å². The molecule has 2 heterocycles. The van der Waals surface area contributed by atoms with Crippen LogP contribution in [-0.2, 0) is 5.41 Å². The Bertz CT molecular complexity index is 756. The fourth-order valence-corrected chi connectivity index (χ4v) is 3.05. The zero-order valence-corrected chi connectivity index (χ0v) is 16.1. The number of hydrogen-bond donors (Lipinski definition) is 1. The van der Waals surface area contributed by atoms with E-state index < -0.39 is 0 Å². The molecule has 1 N–H and O–H groups in total. The molecule has 0 saturated carbocycles.